The van der Waals surface area contributed by atoms with Crippen molar-refractivity contribution in [1.82, 2.24) is 0 Å². The van der Waals surface area contributed by atoms with Crippen LogP contribution in [0.15, 0.2) is 21.3 Å². The van der Waals surface area contributed by atoms with E-state index in [-0.39, 0.29) is 11.6 Å². The molecule has 0 aliphatic heterocycles. The van der Waals surface area contributed by atoms with Crippen molar-refractivity contribution >= 4 is 16.9 Å². The third kappa shape index (κ3) is 1.92. The van der Waals surface area contributed by atoms with Gasteiger partial charge in [0.2, 0.25) is 0 Å². The molecule has 1 aromatic heterocycles. The quantitative estimate of drug-likeness (QED) is 0.479. The molecular formula is C16H16O4. The average molecular weight is 272 g/mol. The van der Waals surface area contributed by atoms with Gasteiger partial charge in [0, 0.05) is 22.9 Å². The first-order valence-corrected chi connectivity index (χ1v) is 6.90. The van der Waals surface area contributed by atoms with E-state index in [0.29, 0.717) is 23.3 Å². The fourth-order valence-corrected chi connectivity index (χ4v) is 2.77. The SMILES string of the molecule is CCC(=O)Oc1ccc2c3c(c(=O)oc2c1C)CCC3. The Morgan fingerprint density at radius 3 is 2.80 bits per heavy atom. The van der Waals surface area contributed by atoms with Crippen LogP contribution in [0.5, 0.6) is 5.75 Å². The second-order valence-corrected chi connectivity index (χ2v) is 5.09. The number of hydrogen-bond donors (Lipinski definition) is 0. The van der Waals surface area contributed by atoms with Gasteiger partial charge in [-0.1, -0.05) is 6.92 Å². The van der Waals surface area contributed by atoms with Crippen LogP contribution in [0, 0.1) is 6.92 Å². The molecule has 4 nitrogen and oxygen atoms in total. The second-order valence-electron chi connectivity index (χ2n) is 5.09. The van der Waals surface area contributed by atoms with Crippen LogP contribution in [0.25, 0.3) is 11.0 Å². The molecule has 104 valence electrons. The monoisotopic (exact) mass is 272 g/mol. The first kappa shape index (κ1) is 12.9. The highest BCUT2D eigenvalue weighted by Crippen LogP contribution is 2.33. The molecule has 0 spiro atoms. The van der Waals surface area contributed by atoms with Gasteiger partial charge >= 0.3 is 11.6 Å². The molecule has 0 fully saturated rings. The highest BCUT2D eigenvalue weighted by molar-refractivity contribution is 5.87. The van der Waals surface area contributed by atoms with E-state index < -0.39 is 0 Å². The largest absolute Gasteiger partial charge is 0.426 e. The Kier molecular flexibility index (Phi) is 3.08. The Labute approximate surface area is 116 Å². The minimum absolute atomic E-state index is 0.257. The molecule has 0 bridgehead atoms. The van der Waals surface area contributed by atoms with Gasteiger partial charge in [0.05, 0.1) is 0 Å². The smallest absolute Gasteiger partial charge is 0.339 e. The summed E-state index contributed by atoms with van der Waals surface area (Å²) in [6, 6.07) is 3.66. The maximum absolute atomic E-state index is 12.0. The van der Waals surface area contributed by atoms with Crippen molar-refractivity contribution < 1.29 is 13.9 Å². The number of hydrogen-bond acceptors (Lipinski definition) is 4. The molecule has 2 aromatic rings. The first-order valence-electron chi connectivity index (χ1n) is 6.90. The summed E-state index contributed by atoms with van der Waals surface area (Å²) in [6.07, 6.45) is 3.00. The summed E-state index contributed by atoms with van der Waals surface area (Å²) >= 11 is 0. The van der Waals surface area contributed by atoms with Crippen molar-refractivity contribution in [2.45, 2.75) is 39.5 Å². The molecule has 0 atom stereocenters. The Balaban J connectivity index is 2.21. The summed E-state index contributed by atoms with van der Waals surface area (Å²) in [7, 11) is 0. The van der Waals surface area contributed by atoms with Gasteiger partial charge in [0.15, 0.2) is 0 Å². The summed E-state index contributed by atoms with van der Waals surface area (Å²) in [5.74, 6) is 0.168. The molecule has 1 aliphatic carbocycles. The number of aryl methyl sites for hydroxylation is 2. The van der Waals surface area contributed by atoms with Gasteiger partial charge in [0.25, 0.3) is 0 Å². The summed E-state index contributed by atoms with van der Waals surface area (Å²) in [4.78, 5) is 23.4. The zero-order chi connectivity index (χ0) is 14.3. The Morgan fingerprint density at radius 2 is 2.05 bits per heavy atom. The lowest BCUT2D eigenvalue weighted by Crippen LogP contribution is -2.09. The number of benzene rings is 1. The van der Waals surface area contributed by atoms with E-state index in [1.54, 1.807) is 13.0 Å². The van der Waals surface area contributed by atoms with E-state index in [4.69, 9.17) is 9.15 Å². The topological polar surface area (TPSA) is 56.5 Å². The number of carbonyl (C=O) groups excluding carboxylic acids is 1. The molecule has 1 aliphatic rings. The van der Waals surface area contributed by atoms with Crippen molar-refractivity contribution in [3.05, 3.63) is 39.2 Å². The molecule has 0 saturated carbocycles. The standard InChI is InChI=1S/C16H16O4/c1-3-14(17)19-13-8-7-11-10-5-4-6-12(10)16(18)20-15(11)9(13)2/h7-8H,3-6H2,1-2H3. The van der Waals surface area contributed by atoms with Crippen LogP contribution in [-0.2, 0) is 17.6 Å². The molecule has 0 N–H and O–H groups in total. The van der Waals surface area contributed by atoms with Gasteiger partial charge in [0.1, 0.15) is 11.3 Å². The van der Waals surface area contributed by atoms with Gasteiger partial charge in [-0.15, -0.1) is 0 Å². The summed E-state index contributed by atoms with van der Waals surface area (Å²) < 4.78 is 10.7. The molecule has 20 heavy (non-hydrogen) atoms. The van der Waals surface area contributed by atoms with E-state index in [0.717, 1.165) is 35.8 Å². The predicted octanol–water partition coefficient (Wildman–Crippen LogP) is 2.91. The molecule has 1 heterocycles. The highest BCUT2D eigenvalue weighted by Gasteiger charge is 2.21. The predicted molar refractivity (Wildman–Crippen MR) is 75.2 cm³/mol. The fraction of sp³-hybridized carbons (Fsp3) is 0.375. The van der Waals surface area contributed by atoms with Crippen LogP contribution in [0.2, 0.25) is 0 Å². The molecule has 0 amide bonds. The van der Waals surface area contributed by atoms with Crippen LogP contribution in [0.1, 0.15) is 36.5 Å². The van der Waals surface area contributed by atoms with Crippen LogP contribution >= 0.6 is 0 Å². The molecule has 0 radical (unpaired) electrons. The normalized spacial score (nSPS) is 13.5. The average Bonchev–Trinajstić information content (AvgIpc) is 2.93. The minimum Gasteiger partial charge on any atom is -0.426 e. The number of rotatable bonds is 2. The van der Waals surface area contributed by atoms with E-state index >= 15 is 0 Å². The Hall–Kier alpha value is -2.10. The fourth-order valence-electron chi connectivity index (χ4n) is 2.77. The maximum Gasteiger partial charge on any atom is 0.339 e. The van der Waals surface area contributed by atoms with Crippen LogP contribution in [0.4, 0.5) is 0 Å². The van der Waals surface area contributed by atoms with Crippen molar-refractivity contribution in [2.24, 2.45) is 0 Å². The summed E-state index contributed by atoms with van der Waals surface area (Å²) in [5.41, 5.74) is 2.88. The molecule has 3 rings (SSSR count). The molecule has 0 unspecified atom stereocenters. The third-order valence-corrected chi connectivity index (χ3v) is 3.85. The molecule has 0 saturated heterocycles. The van der Waals surface area contributed by atoms with Crippen molar-refractivity contribution in [2.75, 3.05) is 0 Å². The molecular weight excluding hydrogens is 256 g/mol. The number of esters is 1. The van der Waals surface area contributed by atoms with Gasteiger partial charge in [-0.3, -0.25) is 4.79 Å². The lowest BCUT2D eigenvalue weighted by atomic mass is 10.0. The lowest BCUT2D eigenvalue weighted by molar-refractivity contribution is -0.134. The number of ether oxygens (including phenoxy) is 1. The van der Waals surface area contributed by atoms with Crippen molar-refractivity contribution in [3.8, 4) is 5.75 Å². The number of fused-ring (bicyclic) bond motifs is 3. The van der Waals surface area contributed by atoms with Crippen LogP contribution < -0.4 is 10.4 Å². The summed E-state index contributed by atoms with van der Waals surface area (Å²) in [5, 5.41) is 0.964. The lowest BCUT2D eigenvalue weighted by Gasteiger charge is -2.10. The van der Waals surface area contributed by atoms with E-state index in [2.05, 4.69) is 0 Å². The summed E-state index contributed by atoms with van der Waals surface area (Å²) in [6.45, 7) is 3.55. The van der Waals surface area contributed by atoms with E-state index in [1.807, 2.05) is 13.0 Å². The number of carbonyl (C=O) groups is 1. The third-order valence-electron chi connectivity index (χ3n) is 3.85. The van der Waals surface area contributed by atoms with Gasteiger partial charge < -0.3 is 9.15 Å². The van der Waals surface area contributed by atoms with E-state index in [9.17, 15) is 9.59 Å². The highest BCUT2D eigenvalue weighted by atomic mass is 16.5. The van der Waals surface area contributed by atoms with Crippen molar-refractivity contribution in [3.63, 3.8) is 0 Å². The zero-order valence-corrected chi connectivity index (χ0v) is 11.6. The first-order chi connectivity index (χ1) is 9.61. The Morgan fingerprint density at radius 1 is 1.30 bits per heavy atom. The zero-order valence-electron chi connectivity index (χ0n) is 11.6. The minimum atomic E-state index is -0.295. The molecule has 1 aromatic carbocycles. The van der Waals surface area contributed by atoms with Gasteiger partial charge in [-0.2, -0.15) is 0 Å². The van der Waals surface area contributed by atoms with Gasteiger partial charge in [-0.05, 0) is 43.9 Å². The maximum atomic E-state index is 12.0. The Bertz CT molecular complexity index is 755. The van der Waals surface area contributed by atoms with Crippen LogP contribution in [0.3, 0.4) is 0 Å². The van der Waals surface area contributed by atoms with Crippen molar-refractivity contribution in [1.29, 1.82) is 0 Å². The van der Waals surface area contributed by atoms with Crippen LogP contribution in [-0.4, -0.2) is 5.97 Å². The van der Waals surface area contributed by atoms with E-state index in [1.165, 1.54) is 0 Å². The molecule has 4 heteroatoms. The second kappa shape index (κ2) is 4.78. The van der Waals surface area contributed by atoms with Gasteiger partial charge in [-0.25, -0.2) is 4.79 Å².